The number of carbonyl (C=O) groups excluding carboxylic acids is 1. The Bertz CT molecular complexity index is 1010. The van der Waals surface area contributed by atoms with Gasteiger partial charge >= 0.3 is 6.18 Å². The molecule has 1 fully saturated rings. The van der Waals surface area contributed by atoms with E-state index in [0.717, 1.165) is 30.5 Å². The summed E-state index contributed by atoms with van der Waals surface area (Å²) < 4.78 is 44.5. The van der Waals surface area contributed by atoms with Crippen molar-refractivity contribution < 1.29 is 27.6 Å². The molecule has 11 heteroatoms. The number of carbonyl (C=O) groups is 1. The number of halogens is 3. The van der Waals surface area contributed by atoms with Crippen LogP contribution < -0.4 is 15.0 Å². The van der Waals surface area contributed by atoms with Crippen molar-refractivity contribution in [2.45, 2.75) is 45.3 Å². The lowest BCUT2D eigenvalue weighted by Gasteiger charge is -2.32. The van der Waals surface area contributed by atoms with E-state index >= 15 is 0 Å². The molecule has 34 heavy (non-hydrogen) atoms. The van der Waals surface area contributed by atoms with Crippen LogP contribution in [0.1, 0.15) is 43.7 Å². The lowest BCUT2D eigenvalue weighted by molar-refractivity contribution is -0.384. The van der Waals surface area contributed by atoms with Gasteiger partial charge in [-0.2, -0.15) is 13.2 Å². The fourth-order valence-corrected chi connectivity index (χ4v) is 3.82. The number of unbranched alkanes of at least 4 members (excludes halogenated alkanes) is 1. The minimum atomic E-state index is -4.66. The molecule has 0 aliphatic carbocycles. The van der Waals surface area contributed by atoms with Crippen molar-refractivity contribution in [1.82, 2.24) is 10.3 Å². The van der Waals surface area contributed by atoms with Gasteiger partial charge in [-0.25, -0.2) is 4.98 Å². The van der Waals surface area contributed by atoms with Gasteiger partial charge < -0.3 is 15.0 Å². The van der Waals surface area contributed by atoms with E-state index in [2.05, 4.69) is 17.2 Å². The number of benzene rings is 1. The van der Waals surface area contributed by atoms with Crippen molar-refractivity contribution in [2.75, 3.05) is 24.6 Å². The number of nitrogens with one attached hydrogen (secondary N) is 1. The molecule has 0 spiro atoms. The molecule has 2 heterocycles. The molecule has 0 atom stereocenters. The Hall–Kier alpha value is -3.37. The van der Waals surface area contributed by atoms with E-state index in [-0.39, 0.29) is 24.1 Å². The minimum Gasteiger partial charge on any atom is -0.477 e. The highest BCUT2D eigenvalue weighted by Gasteiger charge is 2.35. The van der Waals surface area contributed by atoms with Gasteiger partial charge in [0.1, 0.15) is 5.69 Å². The maximum atomic E-state index is 13.0. The molecular weight excluding hydrogens is 453 g/mol. The van der Waals surface area contributed by atoms with E-state index in [1.54, 1.807) is 17.2 Å². The third-order valence-electron chi connectivity index (χ3n) is 5.75. The molecule has 1 aliphatic heterocycles. The molecule has 1 N–H and O–H groups in total. The predicted molar refractivity (Wildman–Crippen MR) is 120 cm³/mol. The SMILES string of the molecule is CCCCOc1ncccc1CNC(=O)C1CCN(c2ccc(C(F)(F)F)cc2[N+](=O)[O-])CC1. The molecule has 0 bridgehead atoms. The summed E-state index contributed by atoms with van der Waals surface area (Å²) in [4.78, 5) is 29.1. The molecule has 0 radical (unpaired) electrons. The highest BCUT2D eigenvalue weighted by atomic mass is 19.4. The summed E-state index contributed by atoms with van der Waals surface area (Å²) in [5.74, 6) is 0.0384. The number of alkyl halides is 3. The van der Waals surface area contributed by atoms with Crippen molar-refractivity contribution in [2.24, 2.45) is 5.92 Å². The van der Waals surface area contributed by atoms with Gasteiger partial charge in [0.2, 0.25) is 11.8 Å². The number of hydrogen-bond donors (Lipinski definition) is 1. The maximum Gasteiger partial charge on any atom is 0.416 e. The van der Waals surface area contributed by atoms with Crippen LogP contribution in [0.4, 0.5) is 24.5 Å². The average Bonchev–Trinajstić information content (AvgIpc) is 2.82. The number of nitro groups is 1. The summed E-state index contributed by atoms with van der Waals surface area (Å²) >= 11 is 0. The average molecular weight is 480 g/mol. The second-order valence-electron chi connectivity index (χ2n) is 8.11. The first kappa shape index (κ1) is 25.3. The van der Waals surface area contributed by atoms with Crippen molar-refractivity contribution in [3.8, 4) is 5.88 Å². The second-order valence-corrected chi connectivity index (χ2v) is 8.11. The number of nitrogens with zero attached hydrogens (tertiary/aromatic N) is 3. The first-order chi connectivity index (χ1) is 16.2. The van der Waals surface area contributed by atoms with Crippen LogP contribution >= 0.6 is 0 Å². The summed E-state index contributed by atoms with van der Waals surface area (Å²) in [6.07, 6.45) is -0.286. The molecule has 1 aliphatic rings. The van der Waals surface area contributed by atoms with E-state index < -0.39 is 22.4 Å². The number of aromatic nitrogens is 1. The molecule has 1 amide bonds. The van der Waals surface area contributed by atoms with Gasteiger partial charge in [0.15, 0.2) is 0 Å². The standard InChI is InChI=1S/C23H27F3N4O4/c1-2-3-13-34-22-17(5-4-10-27-22)15-28-21(31)16-8-11-29(12-9-16)19-7-6-18(23(24,25)26)14-20(19)30(32)33/h4-7,10,14,16H,2-3,8-9,11-13,15H2,1H3,(H,28,31). The van der Waals surface area contributed by atoms with Gasteiger partial charge in [0.25, 0.3) is 5.69 Å². The van der Waals surface area contributed by atoms with Crippen molar-refractivity contribution in [3.05, 3.63) is 57.8 Å². The van der Waals surface area contributed by atoms with E-state index in [9.17, 15) is 28.1 Å². The Morgan fingerprint density at radius 3 is 2.68 bits per heavy atom. The van der Waals surface area contributed by atoms with Crippen LogP contribution in [0.3, 0.4) is 0 Å². The monoisotopic (exact) mass is 480 g/mol. The number of piperidine rings is 1. The number of rotatable bonds is 9. The number of ether oxygens (including phenoxy) is 1. The molecule has 3 rings (SSSR count). The van der Waals surface area contributed by atoms with Crippen molar-refractivity contribution in [3.63, 3.8) is 0 Å². The smallest absolute Gasteiger partial charge is 0.416 e. The number of nitro benzene ring substituents is 1. The highest BCUT2D eigenvalue weighted by molar-refractivity contribution is 5.79. The maximum absolute atomic E-state index is 13.0. The van der Waals surface area contributed by atoms with Gasteiger partial charge in [-0.3, -0.25) is 14.9 Å². The van der Waals surface area contributed by atoms with Crippen LogP contribution in [0.15, 0.2) is 36.5 Å². The van der Waals surface area contributed by atoms with Crippen molar-refractivity contribution >= 4 is 17.3 Å². The van der Waals surface area contributed by atoms with Crippen LogP contribution in [0, 0.1) is 16.0 Å². The number of amides is 1. The van der Waals surface area contributed by atoms with Crippen LogP contribution in [0.2, 0.25) is 0 Å². The van der Waals surface area contributed by atoms with Gasteiger partial charge in [0.05, 0.1) is 17.1 Å². The molecule has 184 valence electrons. The second kappa shape index (κ2) is 11.2. The molecule has 1 saturated heterocycles. The van der Waals surface area contributed by atoms with Crippen LogP contribution in [-0.2, 0) is 17.5 Å². The third-order valence-corrected chi connectivity index (χ3v) is 5.75. The first-order valence-electron chi connectivity index (χ1n) is 11.2. The van der Waals surface area contributed by atoms with Crippen LogP contribution in [-0.4, -0.2) is 35.5 Å². The summed E-state index contributed by atoms with van der Waals surface area (Å²) in [6.45, 7) is 3.51. The number of hydrogen-bond acceptors (Lipinski definition) is 6. The molecule has 1 aromatic heterocycles. The quantitative estimate of drug-likeness (QED) is 0.317. The lowest BCUT2D eigenvalue weighted by atomic mass is 9.95. The number of anilines is 1. The molecule has 0 unspecified atom stereocenters. The lowest BCUT2D eigenvalue weighted by Crippen LogP contribution is -2.40. The normalized spacial score (nSPS) is 14.6. The third kappa shape index (κ3) is 6.36. The molecular formula is C23H27F3N4O4. The fraction of sp³-hybridized carbons (Fsp3) is 0.478. The fourth-order valence-electron chi connectivity index (χ4n) is 3.82. The Morgan fingerprint density at radius 1 is 1.29 bits per heavy atom. The highest BCUT2D eigenvalue weighted by Crippen LogP contribution is 2.37. The van der Waals surface area contributed by atoms with Gasteiger partial charge in [-0.1, -0.05) is 19.4 Å². The zero-order valence-electron chi connectivity index (χ0n) is 18.8. The van der Waals surface area contributed by atoms with Gasteiger partial charge in [0, 0.05) is 43.4 Å². The summed E-state index contributed by atoms with van der Waals surface area (Å²) in [6, 6.07) is 6.13. The Labute approximate surface area is 195 Å². The summed E-state index contributed by atoms with van der Waals surface area (Å²) in [7, 11) is 0. The van der Waals surface area contributed by atoms with Crippen LogP contribution in [0.25, 0.3) is 0 Å². The number of pyridine rings is 1. The van der Waals surface area contributed by atoms with E-state index in [4.69, 9.17) is 4.74 Å². The first-order valence-corrected chi connectivity index (χ1v) is 11.2. The topological polar surface area (TPSA) is 97.6 Å². The van der Waals surface area contributed by atoms with E-state index in [0.29, 0.717) is 44.5 Å². The summed E-state index contributed by atoms with van der Waals surface area (Å²) in [5.41, 5.74) is -0.763. The van der Waals surface area contributed by atoms with Gasteiger partial charge in [-0.15, -0.1) is 0 Å². The van der Waals surface area contributed by atoms with Gasteiger partial charge in [-0.05, 0) is 37.5 Å². The van der Waals surface area contributed by atoms with E-state index in [1.165, 1.54) is 0 Å². The Balaban J connectivity index is 1.58. The van der Waals surface area contributed by atoms with E-state index in [1.807, 2.05) is 6.07 Å². The van der Waals surface area contributed by atoms with Crippen LogP contribution in [0.5, 0.6) is 5.88 Å². The molecule has 0 saturated carbocycles. The zero-order chi connectivity index (χ0) is 24.7. The molecule has 2 aromatic rings. The minimum absolute atomic E-state index is 0.126. The molecule has 8 nitrogen and oxygen atoms in total. The predicted octanol–water partition coefficient (Wildman–Crippen LogP) is 4.72. The molecule has 1 aromatic carbocycles. The Morgan fingerprint density at radius 2 is 2.03 bits per heavy atom. The Kier molecular flexibility index (Phi) is 8.30. The zero-order valence-corrected chi connectivity index (χ0v) is 18.8. The largest absolute Gasteiger partial charge is 0.477 e. The summed E-state index contributed by atoms with van der Waals surface area (Å²) in [5, 5.41) is 14.3. The van der Waals surface area contributed by atoms with Crippen molar-refractivity contribution in [1.29, 1.82) is 0 Å².